The fourth-order valence-electron chi connectivity index (χ4n) is 1.64. The van der Waals surface area contributed by atoms with Crippen LogP contribution in [0.5, 0.6) is 0 Å². The Hall–Kier alpha value is -0.130. The van der Waals surface area contributed by atoms with Gasteiger partial charge in [0.2, 0.25) is 10.0 Å². The summed E-state index contributed by atoms with van der Waals surface area (Å²) in [6.07, 6.45) is 0.634. The minimum atomic E-state index is -3.39. The quantitative estimate of drug-likeness (QED) is 0.844. The zero-order chi connectivity index (χ0) is 14.1. The highest BCUT2D eigenvalue weighted by molar-refractivity contribution is 7.90. The lowest BCUT2D eigenvalue weighted by Gasteiger charge is -2.35. The minimum Gasteiger partial charge on any atom is -0.395 e. The maximum Gasteiger partial charge on any atom is 0.219 e. The monoisotopic (exact) mass is 265 g/mol. The molecule has 104 valence electrons. The molecule has 0 aliphatic heterocycles. The number of likely N-dealkylation sites (N-methyl/N-ethyl adjacent to an activating group) is 1. The van der Waals surface area contributed by atoms with Gasteiger partial charge in [0.1, 0.15) is 0 Å². The molecule has 0 heterocycles. The van der Waals surface area contributed by atoms with Crippen molar-refractivity contribution in [2.24, 2.45) is 5.41 Å². The standard InChI is InChI=1S/C12H27NO3S/c1-11(2,3)8-10(9-14)13(7)17(15,16)12(4,5)6/h10,14H,8-9H2,1-7H3/t10-/m1/s1. The van der Waals surface area contributed by atoms with Gasteiger partial charge >= 0.3 is 0 Å². The summed E-state index contributed by atoms with van der Waals surface area (Å²) in [6.45, 7) is 11.0. The van der Waals surface area contributed by atoms with Crippen LogP contribution in [0.1, 0.15) is 48.0 Å². The molecule has 1 atom stereocenters. The lowest BCUT2D eigenvalue weighted by molar-refractivity contribution is 0.158. The zero-order valence-electron chi connectivity index (χ0n) is 12.1. The van der Waals surface area contributed by atoms with Crippen LogP contribution in [0, 0.1) is 5.41 Å². The molecular formula is C12H27NO3S. The van der Waals surface area contributed by atoms with Crippen molar-refractivity contribution in [1.82, 2.24) is 4.31 Å². The van der Waals surface area contributed by atoms with Gasteiger partial charge in [-0.3, -0.25) is 0 Å². The summed E-state index contributed by atoms with van der Waals surface area (Å²) in [5, 5.41) is 9.38. The Balaban J connectivity index is 5.08. The van der Waals surface area contributed by atoms with Gasteiger partial charge in [-0.15, -0.1) is 0 Å². The second-order valence-corrected chi connectivity index (χ2v) is 9.49. The first kappa shape index (κ1) is 16.9. The average Bonchev–Trinajstić information content (AvgIpc) is 2.09. The first-order chi connectivity index (χ1) is 7.33. The largest absolute Gasteiger partial charge is 0.395 e. The van der Waals surface area contributed by atoms with Crippen LogP contribution in [-0.4, -0.2) is 42.3 Å². The number of aliphatic hydroxyl groups is 1. The molecule has 0 aliphatic carbocycles. The molecule has 0 unspecified atom stereocenters. The average molecular weight is 265 g/mol. The molecule has 0 fully saturated rings. The number of nitrogens with zero attached hydrogens (tertiary/aromatic N) is 1. The van der Waals surface area contributed by atoms with Crippen molar-refractivity contribution in [3.8, 4) is 0 Å². The second-order valence-electron chi connectivity index (χ2n) is 6.73. The van der Waals surface area contributed by atoms with Gasteiger partial charge in [-0.05, 0) is 32.6 Å². The van der Waals surface area contributed by atoms with Gasteiger partial charge in [-0.1, -0.05) is 20.8 Å². The van der Waals surface area contributed by atoms with E-state index in [1.807, 2.05) is 20.8 Å². The maximum atomic E-state index is 12.3. The fourth-order valence-corrected chi connectivity index (χ4v) is 3.04. The van der Waals surface area contributed by atoms with Gasteiger partial charge in [0.25, 0.3) is 0 Å². The Morgan fingerprint density at radius 3 is 1.76 bits per heavy atom. The van der Waals surface area contributed by atoms with E-state index in [0.717, 1.165) is 0 Å². The molecule has 0 saturated heterocycles. The van der Waals surface area contributed by atoms with E-state index in [1.54, 1.807) is 27.8 Å². The van der Waals surface area contributed by atoms with Gasteiger partial charge in [-0.2, -0.15) is 4.31 Å². The number of aliphatic hydroxyl groups excluding tert-OH is 1. The van der Waals surface area contributed by atoms with Crippen LogP contribution in [0.25, 0.3) is 0 Å². The molecule has 0 amide bonds. The van der Waals surface area contributed by atoms with E-state index >= 15 is 0 Å². The molecule has 0 aromatic carbocycles. The second kappa shape index (κ2) is 5.24. The zero-order valence-corrected chi connectivity index (χ0v) is 12.9. The molecule has 0 radical (unpaired) electrons. The van der Waals surface area contributed by atoms with Crippen LogP contribution >= 0.6 is 0 Å². The normalized spacial score (nSPS) is 16.3. The van der Waals surface area contributed by atoms with E-state index in [0.29, 0.717) is 6.42 Å². The maximum absolute atomic E-state index is 12.3. The van der Waals surface area contributed by atoms with Crippen molar-refractivity contribution in [1.29, 1.82) is 0 Å². The van der Waals surface area contributed by atoms with Crippen LogP contribution < -0.4 is 0 Å². The first-order valence-corrected chi connectivity index (χ1v) is 7.35. The van der Waals surface area contributed by atoms with E-state index in [9.17, 15) is 13.5 Å². The van der Waals surface area contributed by atoms with Crippen LogP contribution in [0.4, 0.5) is 0 Å². The molecule has 0 saturated carbocycles. The smallest absolute Gasteiger partial charge is 0.219 e. The molecule has 17 heavy (non-hydrogen) atoms. The van der Waals surface area contributed by atoms with Crippen molar-refractivity contribution in [3.05, 3.63) is 0 Å². The van der Waals surface area contributed by atoms with Gasteiger partial charge in [0.05, 0.1) is 11.4 Å². The molecule has 0 rings (SSSR count). The Bertz CT molecular complexity index is 336. The molecule has 0 bridgehead atoms. The Morgan fingerprint density at radius 1 is 1.12 bits per heavy atom. The van der Waals surface area contributed by atoms with Crippen molar-refractivity contribution < 1.29 is 13.5 Å². The van der Waals surface area contributed by atoms with E-state index < -0.39 is 14.8 Å². The van der Waals surface area contributed by atoms with E-state index in [-0.39, 0.29) is 18.1 Å². The van der Waals surface area contributed by atoms with Crippen LogP contribution in [0.2, 0.25) is 0 Å². The van der Waals surface area contributed by atoms with Crippen LogP contribution in [0.15, 0.2) is 0 Å². The van der Waals surface area contributed by atoms with E-state index in [4.69, 9.17) is 0 Å². The van der Waals surface area contributed by atoms with E-state index in [2.05, 4.69) is 0 Å². The number of hydrogen-bond donors (Lipinski definition) is 1. The number of sulfonamides is 1. The topological polar surface area (TPSA) is 57.6 Å². The van der Waals surface area contributed by atoms with Gasteiger partial charge in [0, 0.05) is 13.1 Å². The fraction of sp³-hybridized carbons (Fsp3) is 1.00. The Morgan fingerprint density at radius 2 is 1.53 bits per heavy atom. The van der Waals surface area contributed by atoms with Gasteiger partial charge in [-0.25, -0.2) is 8.42 Å². The number of rotatable bonds is 4. The van der Waals surface area contributed by atoms with Gasteiger partial charge in [0.15, 0.2) is 0 Å². The molecule has 0 aromatic heterocycles. The Kier molecular flexibility index (Phi) is 5.20. The summed E-state index contributed by atoms with van der Waals surface area (Å²) in [5.74, 6) is 0. The van der Waals surface area contributed by atoms with Crippen LogP contribution in [-0.2, 0) is 10.0 Å². The summed E-state index contributed by atoms with van der Waals surface area (Å²) in [5.41, 5.74) is -0.0188. The first-order valence-electron chi connectivity index (χ1n) is 5.91. The summed E-state index contributed by atoms with van der Waals surface area (Å²) >= 11 is 0. The minimum absolute atomic E-state index is 0.0188. The SMILES string of the molecule is CN([C@@H](CO)CC(C)(C)C)S(=O)(=O)C(C)(C)C. The lowest BCUT2D eigenvalue weighted by atomic mass is 9.88. The van der Waals surface area contributed by atoms with Crippen molar-refractivity contribution >= 4 is 10.0 Å². The third-order valence-electron chi connectivity index (χ3n) is 2.73. The summed E-state index contributed by atoms with van der Waals surface area (Å²) in [7, 11) is -1.84. The summed E-state index contributed by atoms with van der Waals surface area (Å²) < 4.78 is 25.0. The molecule has 0 aromatic rings. The predicted molar refractivity (Wildman–Crippen MR) is 71.4 cm³/mol. The summed E-state index contributed by atoms with van der Waals surface area (Å²) in [4.78, 5) is 0. The van der Waals surface area contributed by atoms with Crippen molar-refractivity contribution in [2.75, 3.05) is 13.7 Å². The van der Waals surface area contributed by atoms with E-state index in [1.165, 1.54) is 4.31 Å². The highest BCUT2D eigenvalue weighted by Gasteiger charge is 2.37. The van der Waals surface area contributed by atoms with Crippen LogP contribution in [0.3, 0.4) is 0 Å². The summed E-state index contributed by atoms with van der Waals surface area (Å²) in [6, 6.07) is -0.362. The highest BCUT2D eigenvalue weighted by Crippen LogP contribution is 2.27. The number of hydrogen-bond acceptors (Lipinski definition) is 3. The molecule has 5 heteroatoms. The molecule has 1 N–H and O–H groups in total. The van der Waals surface area contributed by atoms with Crippen molar-refractivity contribution in [2.45, 2.75) is 58.8 Å². The van der Waals surface area contributed by atoms with Crippen molar-refractivity contribution in [3.63, 3.8) is 0 Å². The third-order valence-corrected chi connectivity index (χ3v) is 5.33. The molecular weight excluding hydrogens is 238 g/mol. The predicted octanol–water partition coefficient (Wildman–Crippen LogP) is 1.84. The lowest BCUT2D eigenvalue weighted by Crippen LogP contribution is -2.48. The molecule has 0 spiro atoms. The molecule has 0 aliphatic rings. The highest BCUT2D eigenvalue weighted by atomic mass is 32.2. The van der Waals surface area contributed by atoms with Gasteiger partial charge < -0.3 is 5.11 Å². The third kappa shape index (κ3) is 4.56. The molecule has 4 nitrogen and oxygen atoms in total. The Labute approximate surface area is 106 Å².